The summed E-state index contributed by atoms with van der Waals surface area (Å²) in [7, 11) is 1.64. The summed E-state index contributed by atoms with van der Waals surface area (Å²) in [4.78, 5) is 34.8. The van der Waals surface area contributed by atoms with E-state index in [0.29, 0.717) is 18.4 Å². The largest absolute Gasteiger partial charge is 0.378 e. The van der Waals surface area contributed by atoms with Gasteiger partial charge in [0.05, 0.1) is 17.0 Å². The van der Waals surface area contributed by atoms with Gasteiger partial charge in [0.2, 0.25) is 0 Å². The van der Waals surface area contributed by atoms with Crippen LogP contribution in [-0.2, 0) is 4.74 Å². The Bertz CT molecular complexity index is 787. The number of likely N-dealkylation sites (tertiary alicyclic amines) is 1. The van der Waals surface area contributed by atoms with Crippen LogP contribution in [0.2, 0.25) is 0 Å². The highest BCUT2D eigenvalue weighted by molar-refractivity contribution is 7.13. The second-order valence-electron chi connectivity index (χ2n) is 6.35. The van der Waals surface area contributed by atoms with Crippen LogP contribution in [-0.4, -0.2) is 59.2 Å². The molecular weight excluding hydrogens is 340 g/mol. The molecule has 3 rings (SSSR count). The Balaban J connectivity index is 1.74. The van der Waals surface area contributed by atoms with Crippen molar-refractivity contribution in [2.45, 2.75) is 32.0 Å². The van der Waals surface area contributed by atoms with Crippen molar-refractivity contribution < 1.29 is 9.53 Å². The molecule has 134 valence electrons. The molecule has 8 heteroatoms. The van der Waals surface area contributed by atoms with Crippen molar-refractivity contribution in [3.05, 3.63) is 39.6 Å². The Kier molecular flexibility index (Phi) is 5.31. The van der Waals surface area contributed by atoms with E-state index in [0.717, 1.165) is 11.4 Å². The molecule has 0 unspecified atom stereocenters. The maximum atomic E-state index is 12.5. The fraction of sp³-hybridized carbons (Fsp3) is 0.471. The van der Waals surface area contributed by atoms with E-state index in [1.54, 1.807) is 7.11 Å². The van der Waals surface area contributed by atoms with Gasteiger partial charge in [-0.15, -0.1) is 11.3 Å². The zero-order valence-corrected chi connectivity index (χ0v) is 15.3. The number of carbonyl (C=O) groups is 1. The lowest BCUT2D eigenvalue weighted by atomic mass is 10.2. The first-order valence-electron chi connectivity index (χ1n) is 8.20. The number of nitrogens with one attached hydrogen (secondary N) is 2. The van der Waals surface area contributed by atoms with Crippen molar-refractivity contribution in [2.75, 3.05) is 20.2 Å². The number of hydrogen-bond donors (Lipinski definition) is 2. The van der Waals surface area contributed by atoms with E-state index in [1.807, 2.05) is 17.5 Å². The van der Waals surface area contributed by atoms with Gasteiger partial charge < -0.3 is 15.0 Å². The molecule has 2 N–H and O–H groups in total. The fourth-order valence-electron chi connectivity index (χ4n) is 2.94. The Labute approximate surface area is 150 Å². The molecular formula is C17H22N4O3S. The van der Waals surface area contributed by atoms with Crippen LogP contribution in [0, 0.1) is 0 Å². The molecule has 25 heavy (non-hydrogen) atoms. The number of thiophene rings is 1. The van der Waals surface area contributed by atoms with Crippen LogP contribution in [0.3, 0.4) is 0 Å². The highest BCUT2D eigenvalue weighted by atomic mass is 32.1. The summed E-state index contributed by atoms with van der Waals surface area (Å²) in [6, 6.07) is 3.96. The summed E-state index contributed by atoms with van der Waals surface area (Å²) >= 11 is 1.48. The molecule has 3 heterocycles. The quantitative estimate of drug-likeness (QED) is 0.838. The average Bonchev–Trinajstić information content (AvgIpc) is 3.24. The van der Waals surface area contributed by atoms with Crippen molar-refractivity contribution in [3.63, 3.8) is 0 Å². The van der Waals surface area contributed by atoms with Gasteiger partial charge in [0.1, 0.15) is 11.4 Å². The number of ether oxygens (including phenoxy) is 1. The van der Waals surface area contributed by atoms with E-state index in [4.69, 9.17) is 4.74 Å². The number of aromatic nitrogens is 2. The van der Waals surface area contributed by atoms with Crippen molar-refractivity contribution in [2.24, 2.45) is 0 Å². The van der Waals surface area contributed by atoms with E-state index in [2.05, 4.69) is 34.0 Å². The second kappa shape index (κ2) is 7.47. The smallest absolute Gasteiger partial charge is 0.264 e. The first kappa shape index (κ1) is 17.8. The Morgan fingerprint density at radius 2 is 2.28 bits per heavy atom. The number of H-pyrrole nitrogens is 1. The normalized spacial score (nSPS) is 21.0. The molecule has 0 spiro atoms. The van der Waals surface area contributed by atoms with E-state index in [9.17, 15) is 9.59 Å². The number of amides is 1. The second-order valence-corrected chi connectivity index (χ2v) is 7.30. The summed E-state index contributed by atoms with van der Waals surface area (Å²) < 4.78 is 5.48. The molecule has 2 aromatic heterocycles. The molecule has 0 radical (unpaired) electrons. The summed E-state index contributed by atoms with van der Waals surface area (Å²) in [5.74, 6) is 0.0438. The predicted molar refractivity (Wildman–Crippen MR) is 96.9 cm³/mol. The van der Waals surface area contributed by atoms with Gasteiger partial charge in [0.15, 0.2) is 0 Å². The van der Waals surface area contributed by atoms with Gasteiger partial charge in [-0.1, -0.05) is 6.07 Å². The van der Waals surface area contributed by atoms with Gasteiger partial charge in [-0.25, -0.2) is 4.98 Å². The molecule has 7 nitrogen and oxygen atoms in total. The van der Waals surface area contributed by atoms with Gasteiger partial charge >= 0.3 is 0 Å². The van der Waals surface area contributed by atoms with Crippen LogP contribution in [0.4, 0.5) is 0 Å². The standard InChI is InChI=1S/C17H22N4O3S/c1-10(2)21-8-12(13(9-21)24-3)19-16(22)11-7-18-15(20-17(11)23)14-5-4-6-25-14/h4-7,10,12-13H,8-9H2,1-3H3,(H,19,22)(H,18,20,23)/t12-,13-/m1/s1. The van der Waals surface area contributed by atoms with E-state index < -0.39 is 11.5 Å². The van der Waals surface area contributed by atoms with Crippen LogP contribution in [0.1, 0.15) is 24.2 Å². The summed E-state index contributed by atoms with van der Waals surface area (Å²) in [5, 5.41) is 4.82. The van der Waals surface area contributed by atoms with Crippen LogP contribution in [0.15, 0.2) is 28.5 Å². The number of rotatable bonds is 5. The average molecular weight is 362 g/mol. The van der Waals surface area contributed by atoms with E-state index in [-0.39, 0.29) is 17.7 Å². The van der Waals surface area contributed by atoms with Crippen molar-refractivity contribution in [1.82, 2.24) is 20.2 Å². The third-order valence-corrected chi connectivity index (χ3v) is 5.32. The lowest BCUT2D eigenvalue weighted by molar-refractivity contribution is 0.0752. The number of hydrogen-bond acceptors (Lipinski definition) is 6. The predicted octanol–water partition coefficient (Wildman–Crippen LogP) is 1.34. The SMILES string of the molecule is CO[C@@H]1CN(C(C)C)C[C@H]1NC(=O)c1cnc(-c2cccs2)[nH]c1=O. The molecule has 1 aliphatic rings. The molecule has 2 atom stereocenters. The van der Waals surface area contributed by atoms with Crippen molar-refractivity contribution >= 4 is 17.2 Å². The summed E-state index contributed by atoms with van der Waals surface area (Å²) in [6.45, 7) is 5.66. The van der Waals surface area contributed by atoms with Gasteiger partial charge in [-0.2, -0.15) is 0 Å². The van der Waals surface area contributed by atoms with Crippen LogP contribution in [0.5, 0.6) is 0 Å². The molecule has 1 aliphatic heterocycles. The zero-order chi connectivity index (χ0) is 18.0. The van der Waals surface area contributed by atoms with Crippen LogP contribution in [0.25, 0.3) is 10.7 Å². The number of aromatic amines is 1. The fourth-order valence-corrected chi connectivity index (χ4v) is 3.62. The first-order valence-corrected chi connectivity index (χ1v) is 9.08. The highest BCUT2D eigenvalue weighted by Crippen LogP contribution is 2.19. The third kappa shape index (κ3) is 3.81. The third-order valence-electron chi connectivity index (χ3n) is 4.44. The minimum absolute atomic E-state index is 0.0122. The minimum atomic E-state index is -0.441. The summed E-state index contributed by atoms with van der Waals surface area (Å²) in [5.41, 5.74) is -0.429. The topological polar surface area (TPSA) is 87.3 Å². The molecule has 1 saturated heterocycles. The number of carbonyl (C=O) groups excluding carboxylic acids is 1. The van der Waals surface area contributed by atoms with Gasteiger partial charge in [-0.3, -0.25) is 14.5 Å². The molecule has 0 aliphatic carbocycles. The molecule has 1 fully saturated rings. The molecule has 2 aromatic rings. The first-order chi connectivity index (χ1) is 12.0. The van der Waals surface area contributed by atoms with Gasteiger partial charge in [0, 0.05) is 32.4 Å². The van der Waals surface area contributed by atoms with Gasteiger partial charge in [0.25, 0.3) is 11.5 Å². The molecule has 0 saturated carbocycles. The summed E-state index contributed by atoms with van der Waals surface area (Å²) in [6.07, 6.45) is 1.24. The lowest BCUT2D eigenvalue weighted by Crippen LogP contribution is -2.45. The Morgan fingerprint density at radius 3 is 2.88 bits per heavy atom. The minimum Gasteiger partial charge on any atom is -0.378 e. The number of methoxy groups -OCH3 is 1. The van der Waals surface area contributed by atoms with Gasteiger partial charge in [-0.05, 0) is 25.3 Å². The van der Waals surface area contributed by atoms with Crippen LogP contribution >= 0.6 is 11.3 Å². The Morgan fingerprint density at radius 1 is 1.48 bits per heavy atom. The van der Waals surface area contributed by atoms with E-state index >= 15 is 0 Å². The number of nitrogens with zero attached hydrogens (tertiary/aromatic N) is 2. The lowest BCUT2D eigenvalue weighted by Gasteiger charge is -2.19. The maximum Gasteiger partial charge on any atom is 0.264 e. The van der Waals surface area contributed by atoms with Crippen molar-refractivity contribution in [3.8, 4) is 10.7 Å². The highest BCUT2D eigenvalue weighted by Gasteiger charge is 2.35. The molecule has 0 bridgehead atoms. The van der Waals surface area contributed by atoms with Crippen LogP contribution < -0.4 is 10.9 Å². The van der Waals surface area contributed by atoms with E-state index in [1.165, 1.54) is 17.5 Å². The Hall–Kier alpha value is -2.03. The zero-order valence-electron chi connectivity index (χ0n) is 14.5. The molecule has 1 amide bonds. The monoisotopic (exact) mass is 362 g/mol. The van der Waals surface area contributed by atoms with Crippen molar-refractivity contribution in [1.29, 1.82) is 0 Å². The maximum absolute atomic E-state index is 12.5. The molecule has 0 aromatic carbocycles.